The van der Waals surface area contributed by atoms with Crippen molar-refractivity contribution < 1.29 is 14.3 Å². The highest BCUT2D eigenvalue weighted by Gasteiger charge is 2.15. The van der Waals surface area contributed by atoms with Crippen LogP contribution in [0.3, 0.4) is 0 Å². The molecule has 0 unspecified atom stereocenters. The van der Waals surface area contributed by atoms with Crippen LogP contribution in [0, 0.1) is 0 Å². The molecule has 1 aromatic heterocycles. The number of carbonyl (C=O) groups excluding carboxylic acids is 2. The molecule has 2 aromatic rings. The molecular weight excluding hydrogens is 326 g/mol. The molecule has 6 nitrogen and oxygen atoms in total. The van der Waals surface area contributed by atoms with Crippen molar-refractivity contribution in [2.24, 2.45) is 12.8 Å². The predicted octanol–water partition coefficient (Wildman–Crippen LogP) is 2.01. The zero-order chi connectivity index (χ0) is 16.1. The van der Waals surface area contributed by atoms with Crippen LogP contribution in [0.1, 0.15) is 16.2 Å². The van der Waals surface area contributed by atoms with Gasteiger partial charge in [0.25, 0.3) is 0 Å². The Morgan fingerprint density at radius 1 is 1.41 bits per heavy atom. The van der Waals surface area contributed by atoms with Crippen molar-refractivity contribution in [2.75, 3.05) is 5.75 Å². The van der Waals surface area contributed by atoms with E-state index < -0.39 is 11.9 Å². The van der Waals surface area contributed by atoms with E-state index in [-0.39, 0.29) is 12.4 Å². The number of nitrogens with two attached hydrogens (primary N) is 1. The van der Waals surface area contributed by atoms with Crippen molar-refractivity contribution in [3.8, 4) is 0 Å². The summed E-state index contributed by atoms with van der Waals surface area (Å²) >= 11 is 7.07. The van der Waals surface area contributed by atoms with Crippen LogP contribution < -0.4 is 5.73 Å². The molecule has 0 aliphatic carbocycles. The van der Waals surface area contributed by atoms with Crippen molar-refractivity contribution >= 4 is 35.2 Å². The van der Waals surface area contributed by atoms with Crippen molar-refractivity contribution in [3.05, 3.63) is 47.0 Å². The Kier molecular flexibility index (Phi) is 5.46. The summed E-state index contributed by atoms with van der Waals surface area (Å²) in [5, 5.41) is 0.462. The maximum Gasteiger partial charge on any atom is 0.339 e. The maximum absolute atomic E-state index is 12.2. The Hall–Kier alpha value is -1.99. The lowest BCUT2D eigenvalue weighted by Gasteiger charge is -2.09. The first kappa shape index (κ1) is 16.4. The van der Waals surface area contributed by atoms with Gasteiger partial charge in [0.15, 0.2) is 0 Å². The van der Waals surface area contributed by atoms with Gasteiger partial charge in [-0.2, -0.15) is 0 Å². The quantitative estimate of drug-likeness (QED) is 0.642. The molecule has 1 amide bonds. The summed E-state index contributed by atoms with van der Waals surface area (Å²) < 4.78 is 6.87. The lowest BCUT2D eigenvalue weighted by molar-refractivity contribution is -0.115. The molecule has 116 valence electrons. The first-order valence-corrected chi connectivity index (χ1v) is 7.68. The van der Waals surface area contributed by atoms with Crippen LogP contribution in [0.15, 0.2) is 35.4 Å². The molecule has 2 N–H and O–H groups in total. The highest BCUT2D eigenvalue weighted by atomic mass is 35.5. The van der Waals surface area contributed by atoms with E-state index >= 15 is 0 Å². The predicted molar refractivity (Wildman–Crippen MR) is 83.7 cm³/mol. The largest absolute Gasteiger partial charge is 0.454 e. The standard InChI is InChI=1S/C14H14ClN3O3S/c1-18-11(15)6-17-13(18)7-21-14(20)9-4-2-3-5-10(9)22-8-12(16)19/h2-6H,7-8H2,1H3,(H2,16,19). The minimum Gasteiger partial charge on any atom is -0.454 e. The van der Waals surface area contributed by atoms with Crippen molar-refractivity contribution in [2.45, 2.75) is 11.5 Å². The van der Waals surface area contributed by atoms with Gasteiger partial charge in [-0.05, 0) is 12.1 Å². The number of thioether (sulfide) groups is 1. The number of benzene rings is 1. The number of rotatable bonds is 6. The highest BCUT2D eigenvalue weighted by molar-refractivity contribution is 8.00. The number of esters is 1. The minimum atomic E-state index is -0.494. The molecule has 0 saturated heterocycles. The number of imidazole rings is 1. The molecule has 1 aromatic carbocycles. The van der Waals surface area contributed by atoms with Crippen LogP contribution in [0.4, 0.5) is 0 Å². The van der Waals surface area contributed by atoms with Crippen LogP contribution in [-0.4, -0.2) is 27.2 Å². The summed E-state index contributed by atoms with van der Waals surface area (Å²) in [5.74, 6) is -0.303. The zero-order valence-electron chi connectivity index (χ0n) is 11.8. The van der Waals surface area contributed by atoms with Crippen LogP contribution in [0.25, 0.3) is 0 Å². The number of carbonyl (C=O) groups is 2. The molecule has 1 heterocycles. The van der Waals surface area contributed by atoms with Crippen LogP contribution in [0.5, 0.6) is 0 Å². The summed E-state index contributed by atoms with van der Waals surface area (Å²) in [6, 6.07) is 6.88. The summed E-state index contributed by atoms with van der Waals surface area (Å²) in [5.41, 5.74) is 5.50. The fraction of sp³-hybridized carbons (Fsp3) is 0.214. The molecule has 0 spiro atoms. The SMILES string of the molecule is Cn1c(Cl)cnc1COC(=O)c1ccccc1SCC(N)=O. The molecule has 2 rings (SSSR count). The highest BCUT2D eigenvalue weighted by Crippen LogP contribution is 2.23. The van der Waals surface area contributed by atoms with Crippen LogP contribution in [-0.2, 0) is 23.2 Å². The number of hydrogen-bond donors (Lipinski definition) is 1. The third-order valence-electron chi connectivity index (χ3n) is 2.84. The van der Waals surface area contributed by atoms with Gasteiger partial charge in [-0.15, -0.1) is 11.8 Å². The van der Waals surface area contributed by atoms with E-state index in [1.165, 1.54) is 18.0 Å². The number of halogens is 1. The molecule has 0 bridgehead atoms. The molecule has 22 heavy (non-hydrogen) atoms. The van der Waals surface area contributed by atoms with Gasteiger partial charge < -0.3 is 15.0 Å². The fourth-order valence-electron chi connectivity index (χ4n) is 1.68. The van der Waals surface area contributed by atoms with E-state index in [4.69, 9.17) is 22.1 Å². The van der Waals surface area contributed by atoms with Crippen molar-refractivity contribution in [1.82, 2.24) is 9.55 Å². The second-order valence-electron chi connectivity index (χ2n) is 4.38. The molecule has 0 atom stereocenters. The average Bonchev–Trinajstić information content (AvgIpc) is 2.82. The van der Waals surface area contributed by atoms with Gasteiger partial charge in [0.2, 0.25) is 5.91 Å². The maximum atomic E-state index is 12.2. The number of primary amides is 1. The first-order chi connectivity index (χ1) is 10.5. The van der Waals surface area contributed by atoms with E-state index in [1.807, 2.05) is 0 Å². The number of nitrogens with zero attached hydrogens (tertiary/aromatic N) is 2. The number of ether oxygens (including phenoxy) is 1. The second kappa shape index (κ2) is 7.33. The third-order valence-corrected chi connectivity index (χ3v) is 4.28. The number of hydrogen-bond acceptors (Lipinski definition) is 5. The molecule has 0 saturated carbocycles. The number of aromatic nitrogens is 2. The summed E-state index contributed by atoms with van der Waals surface area (Å²) in [7, 11) is 1.73. The molecule has 0 aliphatic heterocycles. The van der Waals surface area contributed by atoms with Gasteiger partial charge in [0.1, 0.15) is 17.6 Å². The van der Waals surface area contributed by atoms with Crippen molar-refractivity contribution in [3.63, 3.8) is 0 Å². The van der Waals surface area contributed by atoms with E-state index in [0.717, 1.165) is 0 Å². The van der Waals surface area contributed by atoms with E-state index in [1.54, 1.807) is 35.9 Å². The second-order valence-corrected chi connectivity index (χ2v) is 5.79. The van der Waals surface area contributed by atoms with Gasteiger partial charge in [0.05, 0.1) is 17.5 Å². The molecule has 8 heteroatoms. The number of amides is 1. The Balaban J connectivity index is 2.06. The van der Waals surface area contributed by atoms with Gasteiger partial charge in [-0.1, -0.05) is 23.7 Å². The Bertz CT molecular complexity index is 702. The molecule has 0 aliphatic rings. The van der Waals surface area contributed by atoms with E-state index in [9.17, 15) is 9.59 Å². The van der Waals surface area contributed by atoms with Gasteiger partial charge >= 0.3 is 5.97 Å². The lowest BCUT2D eigenvalue weighted by atomic mass is 10.2. The summed E-state index contributed by atoms with van der Waals surface area (Å²) in [6.45, 7) is 0.0108. The van der Waals surface area contributed by atoms with Crippen molar-refractivity contribution in [1.29, 1.82) is 0 Å². The zero-order valence-corrected chi connectivity index (χ0v) is 13.4. The van der Waals surface area contributed by atoms with Crippen LogP contribution >= 0.6 is 23.4 Å². The Morgan fingerprint density at radius 3 is 2.77 bits per heavy atom. The molecule has 0 fully saturated rings. The van der Waals surface area contributed by atoms with Gasteiger partial charge in [0, 0.05) is 11.9 Å². The summed E-state index contributed by atoms with van der Waals surface area (Å²) in [4.78, 5) is 27.7. The Labute approximate surface area is 136 Å². The topological polar surface area (TPSA) is 87.2 Å². The van der Waals surface area contributed by atoms with Gasteiger partial charge in [-0.3, -0.25) is 4.79 Å². The van der Waals surface area contributed by atoms with Crippen LogP contribution in [0.2, 0.25) is 5.15 Å². The average molecular weight is 340 g/mol. The summed E-state index contributed by atoms with van der Waals surface area (Å²) in [6.07, 6.45) is 1.49. The normalized spacial score (nSPS) is 10.5. The molecule has 0 radical (unpaired) electrons. The monoisotopic (exact) mass is 339 g/mol. The smallest absolute Gasteiger partial charge is 0.339 e. The minimum absolute atomic E-state index is 0.0108. The Morgan fingerprint density at radius 2 is 2.14 bits per heavy atom. The van der Waals surface area contributed by atoms with E-state index in [0.29, 0.717) is 21.4 Å². The molecular formula is C14H14ClN3O3S. The van der Waals surface area contributed by atoms with Gasteiger partial charge in [-0.25, -0.2) is 9.78 Å². The fourth-order valence-corrected chi connectivity index (χ4v) is 2.60. The van der Waals surface area contributed by atoms with E-state index in [2.05, 4.69) is 4.98 Å². The third kappa shape index (κ3) is 4.02. The lowest BCUT2D eigenvalue weighted by Crippen LogP contribution is -2.14. The first-order valence-electron chi connectivity index (χ1n) is 6.32.